The zero-order valence-corrected chi connectivity index (χ0v) is 11.5. The van der Waals surface area contributed by atoms with Gasteiger partial charge in [-0.25, -0.2) is 0 Å². The number of hydrogen-bond acceptors (Lipinski definition) is 3. The molecule has 0 aliphatic heterocycles. The molecule has 0 aliphatic carbocycles. The number of benzene rings is 1. The highest BCUT2D eigenvalue weighted by Crippen LogP contribution is 2.20. The summed E-state index contributed by atoms with van der Waals surface area (Å²) < 4.78 is 0.734. The summed E-state index contributed by atoms with van der Waals surface area (Å²) in [7, 11) is 0. The number of carboxylic acid groups (broad SMARTS) is 1. The number of aliphatic carboxylic acids is 1. The molecule has 0 spiro atoms. The summed E-state index contributed by atoms with van der Waals surface area (Å²) in [6.07, 6.45) is 0.428. The first-order chi connectivity index (χ1) is 8.40. The molecule has 1 amide bonds. The van der Waals surface area contributed by atoms with Gasteiger partial charge in [-0.05, 0) is 47.5 Å². The molecule has 0 aromatic heterocycles. The molecule has 6 heteroatoms. The lowest BCUT2D eigenvalue weighted by atomic mass is 10.1. The van der Waals surface area contributed by atoms with Crippen molar-refractivity contribution in [1.82, 2.24) is 5.32 Å². The average Bonchev–Trinajstić information content (AvgIpc) is 2.30. The Hall–Kier alpha value is -1.56. The maximum absolute atomic E-state index is 11.8. The molecule has 0 saturated carbocycles. The van der Waals surface area contributed by atoms with Crippen LogP contribution >= 0.6 is 15.9 Å². The van der Waals surface area contributed by atoms with E-state index < -0.39 is 5.97 Å². The van der Waals surface area contributed by atoms with Crippen LogP contribution in [-0.4, -0.2) is 23.0 Å². The van der Waals surface area contributed by atoms with Gasteiger partial charge in [-0.2, -0.15) is 0 Å². The summed E-state index contributed by atoms with van der Waals surface area (Å²) in [5.41, 5.74) is 6.63. The van der Waals surface area contributed by atoms with E-state index in [1.807, 2.05) is 0 Å². The van der Waals surface area contributed by atoms with Crippen LogP contribution in [0.2, 0.25) is 0 Å². The quantitative estimate of drug-likeness (QED) is 0.725. The minimum absolute atomic E-state index is 0.0317. The molecule has 0 bridgehead atoms. The first-order valence-electron chi connectivity index (χ1n) is 5.48. The third kappa shape index (κ3) is 4.37. The number of rotatable bonds is 5. The van der Waals surface area contributed by atoms with Crippen LogP contribution in [0.5, 0.6) is 0 Å². The molecule has 0 fully saturated rings. The van der Waals surface area contributed by atoms with E-state index in [2.05, 4.69) is 21.2 Å². The van der Waals surface area contributed by atoms with Crippen LogP contribution in [0.25, 0.3) is 0 Å². The van der Waals surface area contributed by atoms with Crippen LogP contribution in [-0.2, 0) is 4.79 Å². The zero-order valence-electron chi connectivity index (χ0n) is 9.94. The second kappa shape index (κ2) is 6.39. The second-order valence-electron chi connectivity index (χ2n) is 4.04. The number of carbonyl (C=O) groups excluding carboxylic acids is 1. The molecule has 0 heterocycles. The predicted molar refractivity (Wildman–Crippen MR) is 72.4 cm³/mol. The number of halogens is 1. The lowest BCUT2D eigenvalue weighted by molar-refractivity contribution is -0.137. The molecule has 1 aromatic carbocycles. The molecule has 1 aromatic rings. The topological polar surface area (TPSA) is 92.4 Å². The Balaban J connectivity index is 2.59. The molecule has 0 saturated heterocycles. The Labute approximate surface area is 113 Å². The first-order valence-corrected chi connectivity index (χ1v) is 6.27. The van der Waals surface area contributed by atoms with Gasteiger partial charge >= 0.3 is 5.97 Å². The minimum Gasteiger partial charge on any atom is -0.481 e. The monoisotopic (exact) mass is 314 g/mol. The van der Waals surface area contributed by atoms with E-state index >= 15 is 0 Å². The highest BCUT2D eigenvalue weighted by molar-refractivity contribution is 9.10. The van der Waals surface area contributed by atoms with E-state index in [9.17, 15) is 9.59 Å². The van der Waals surface area contributed by atoms with Gasteiger partial charge in [0.2, 0.25) is 0 Å². The first kappa shape index (κ1) is 14.5. The molecule has 1 unspecified atom stereocenters. The minimum atomic E-state index is -0.871. The molecule has 0 aliphatic rings. The lowest BCUT2D eigenvalue weighted by Crippen LogP contribution is -2.32. The number of nitrogens with one attached hydrogen (secondary N) is 1. The second-order valence-corrected chi connectivity index (χ2v) is 4.90. The lowest BCUT2D eigenvalue weighted by Gasteiger charge is -2.13. The van der Waals surface area contributed by atoms with Crippen molar-refractivity contribution in [2.24, 2.45) is 0 Å². The molecule has 98 valence electrons. The van der Waals surface area contributed by atoms with Gasteiger partial charge in [0.25, 0.3) is 5.91 Å². The van der Waals surface area contributed by atoms with Crippen molar-refractivity contribution in [2.75, 3.05) is 5.73 Å². The van der Waals surface area contributed by atoms with Crippen LogP contribution in [0.1, 0.15) is 30.1 Å². The van der Waals surface area contributed by atoms with Crippen molar-refractivity contribution in [3.63, 3.8) is 0 Å². The summed E-state index contributed by atoms with van der Waals surface area (Å²) >= 11 is 3.25. The van der Waals surface area contributed by atoms with Crippen LogP contribution in [0.4, 0.5) is 5.69 Å². The SMILES string of the molecule is CC(CCC(=O)O)NC(=O)c1ccc(Br)c(N)c1. The smallest absolute Gasteiger partial charge is 0.303 e. The number of nitrogen functional groups attached to an aromatic ring is 1. The Kier molecular flexibility index (Phi) is 5.15. The van der Waals surface area contributed by atoms with E-state index in [-0.39, 0.29) is 18.4 Å². The molecule has 18 heavy (non-hydrogen) atoms. The number of nitrogens with two attached hydrogens (primary N) is 1. The van der Waals surface area contributed by atoms with Crippen molar-refractivity contribution in [1.29, 1.82) is 0 Å². The number of amides is 1. The van der Waals surface area contributed by atoms with Crippen molar-refractivity contribution in [2.45, 2.75) is 25.8 Å². The highest BCUT2D eigenvalue weighted by Gasteiger charge is 2.11. The van der Waals surface area contributed by atoms with Gasteiger partial charge in [0.05, 0.1) is 0 Å². The molecule has 1 atom stereocenters. The summed E-state index contributed by atoms with van der Waals surface area (Å²) in [6.45, 7) is 1.77. The third-order valence-corrected chi connectivity index (χ3v) is 3.15. The maximum atomic E-state index is 11.8. The zero-order chi connectivity index (χ0) is 13.7. The summed E-state index contributed by atoms with van der Waals surface area (Å²) in [5, 5.41) is 11.3. The normalized spacial score (nSPS) is 11.9. The third-order valence-electron chi connectivity index (χ3n) is 2.43. The van der Waals surface area contributed by atoms with Gasteiger partial charge in [-0.15, -0.1) is 0 Å². The van der Waals surface area contributed by atoms with Crippen LogP contribution in [0, 0.1) is 0 Å². The van der Waals surface area contributed by atoms with Gasteiger partial charge in [-0.3, -0.25) is 9.59 Å². The number of anilines is 1. The number of hydrogen-bond donors (Lipinski definition) is 3. The number of carbonyl (C=O) groups is 2. The van der Waals surface area contributed by atoms with Crippen LogP contribution < -0.4 is 11.1 Å². The van der Waals surface area contributed by atoms with Crippen LogP contribution in [0.15, 0.2) is 22.7 Å². The summed E-state index contributed by atoms with van der Waals surface area (Å²) in [4.78, 5) is 22.2. The standard InChI is InChI=1S/C12H15BrN2O3/c1-7(2-5-11(16)17)15-12(18)8-3-4-9(13)10(14)6-8/h3-4,6-7H,2,5,14H2,1H3,(H,15,18)(H,16,17). The van der Waals surface area contributed by atoms with Crippen molar-refractivity contribution < 1.29 is 14.7 Å². The Bertz CT molecular complexity index is 463. The molecular formula is C12H15BrN2O3. The average molecular weight is 315 g/mol. The van der Waals surface area contributed by atoms with Crippen molar-refractivity contribution >= 4 is 33.5 Å². The fourth-order valence-corrected chi connectivity index (χ4v) is 1.65. The number of carboxylic acids is 1. The predicted octanol–water partition coefficient (Wildman–Crippen LogP) is 2.01. The fourth-order valence-electron chi connectivity index (χ4n) is 1.40. The van der Waals surface area contributed by atoms with Crippen LogP contribution in [0.3, 0.4) is 0 Å². The molecule has 1 rings (SSSR count). The van der Waals surface area contributed by atoms with E-state index in [1.165, 1.54) is 0 Å². The van der Waals surface area contributed by atoms with Gasteiger partial charge in [-0.1, -0.05) is 0 Å². The van der Waals surface area contributed by atoms with Crippen molar-refractivity contribution in [3.05, 3.63) is 28.2 Å². The Morgan fingerprint density at radius 2 is 2.17 bits per heavy atom. The highest BCUT2D eigenvalue weighted by atomic mass is 79.9. The molecular weight excluding hydrogens is 300 g/mol. The molecule has 4 N–H and O–H groups in total. The van der Waals surface area contributed by atoms with Gasteiger partial charge in [0, 0.05) is 28.2 Å². The Morgan fingerprint density at radius 3 is 2.72 bits per heavy atom. The van der Waals surface area contributed by atoms with E-state index in [1.54, 1.807) is 25.1 Å². The summed E-state index contributed by atoms with van der Waals surface area (Å²) in [6, 6.07) is 4.73. The van der Waals surface area contributed by atoms with Gasteiger partial charge < -0.3 is 16.2 Å². The Morgan fingerprint density at radius 1 is 1.50 bits per heavy atom. The van der Waals surface area contributed by atoms with E-state index in [0.717, 1.165) is 4.47 Å². The van der Waals surface area contributed by atoms with Gasteiger partial charge in [0.1, 0.15) is 0 Å². The van der Waals surface area contributed by atoms with E-state index in [0.29, 0.717) is 17.7 Å². The van der Waals surface area contributed by atoms with Gasteiger partial charge in [0.15, 0.2) is 0 Å². The fraction of sp³-hybridized carbons (Fsp3) is 0.333. The largest absolute Gasteiger partial charge is 0.481 e. The molecule has 5 nitrogen and oxygen atoms in total. The van der Waals surface area contributed by atoms with E-state index in [4.69, 9.17) is 10.8 Å². The molecule has 0 radical (unpaired) electrons. The maximum Gasteiger partial charge on any atom is 0.303 e. The summed E-state index contributed by atoms with van der Waals surface area (Å²) in [5.74, 6) is -1.13. The van der Waals surface area contributed by atoms with Crippen molar-refractivity contribution in [3.8, 4) is 0 Å².